The van der Waals surface area contributed by atoms with E-state index >= 15 is 0 Å². The molecule has 0 spiro atoms. The largest absolute Gasteiger partial charge is 0.478 e. The van der Waals surface area contributed by atoms with Gasteiger partial charge in [-0.2, -0.15) is 0 Å². The lowest BCUT2D eigenvalue weighted by Crippen LogP contribution is -2.14. The molecule has 0 radical (unpaired) electrons. The van der Waals surface area contributed by atoms with Gasteiger partial charge in [-0.05, 0) is 32.3 Å². The lowest BCUT2D eigenvalue weighted by molar-refractivity contribution is 0.0696. The minimum Gasteiger partial charge on any atom is -0.478 e. The molecule has 0 heterocycles. The predicted octanol–water partition coefficient (Wildman–Crippen LogP) is 2.18. The summed E-state index contributed by atoms with van der Waals surface area (Å²) < 4.78 is 13.3. The van der Waals surface area contributed by atoms with Crippen molar-refractivity contribution in [3.8, 4) is 0 Å². The molecular formula is C11H14FNO2S. The lowest BCUT2D eigenvalue weighted by atomic mass is 10.2. The number of carbonyl (C=O) groups is 1. The summed E-state index contributed by atoms with van der Waals surface area (Å²) in [6, 6.07) is 3.84. The third-order valence-corrected chi connectivity index (χ3v) is 2.98. The number of hydrogen-bond donors (Lipinski definition) is 1. The van der Waals surface area contributed by atoms with Gasteiger partial charge in [0.25, 0.3) is 0 Å². The molecular weight excluding hydrogens is 229 g/mol. The molecule has 0 unspecified atom stereocenters. The van der Waals surface area contributed by atoms with E-state index in [1.165, 1.54) is 30.0 Å². The Balaban J connectivity index is 2.70. The van der Waals surface area contributed by atoms with Crippen LogP contribution in [-0.4, -0.2) is 42.4 Å². The summed E-state index contributed by atoms with van der Waals surface area (Å²) in [6.45, 7) is 0.821. The van der Waals surface area contributed by atoms with Crippen LogP contribution in [0, 0.1) is 5.82 Å². The molecule has 3 nitrogen and oxygen atoms in total. The second-order valence-corrected chi connectivity index (χ2v) is 4.74. The van der Waals surface area contributed by atoms with Crippen molar-refractivity contribution in [2.24, 2.45) is 0 Å². The molecule has 0 aliphatic rings. The summed E-state index contributed by atoms with van der Waals surface area (Å²) in [6.07, 6.45) is 0. The van der Waals surface area contributed by atoms with Crippen LogP contribution in [0.5, 0.6) is 0 Å². The highest BCUT2D eigenvalue weighted by Crippen LogP contribution is 2.22. The van der Waals surface area contributed by atoms with E-state index in [1.807, 2.05) is 19.0 Å². The molecule has 0 aliphatic carbocycles. The second kappa shape index (κ2) is 5.86. The summed E-state index contributed by atoms with van der Waals surface area (Å²) in [5.41, 5.74) is 0.119. The van der Waals surface area contributed by atoms with Gasteiger partial charge in [-0.3, -0.25) is 0 Å². The minimum atomic E-state index is -1.03. The van der Waals surface area contributed by atoms with Crippen molar-refractivity contribution < 1.29 is 14.3 Å². The highest BCUT2D eigenvalue weighted by molar-refractivity contribution is 7.99. The van der Waals surface area contributed by atoms with Crippen LogP contribution in [0.25, 0.3) is 0 Å². The maximum Gasteiger partial charge on any atom is 0.335 e. The topological polar surface area (TPSA) is 40.5 Å². The zero-order valence-corrected chi connectivity index (χ0v) is 10.1. The molecule has 1 rings (SSSR count). The van der Waals surface area contributed by atoms with Crippen molar-refractivity contribution >= 4 is 17.7 Å². The van der Waals surface area contributed by atoms with Gasteiger partial charge in [0.2, 0.25) is 0 Å². The molecule has 0 bridgehead atoms. The fraction of sp³-hybridized carbons (Fsp3) is 0.364. The molecule has 0 atom stereocenters. The van der Waals surface area contributed by atoms with Crippen LogP contribution in [0.4, 0.5) is 4.39 Å². The van der Waals surface area contributed by atoms with E-state index in [4.69, 9.17) is 5.11 Å². The van der Waals surface area contributed by atoms with E-state index in [-0.39, 0.29) is 11.4 Å². The van der Waals surface area contributed by atoms with Crippen LogP contribution in [0.1, 0.15) is 10.4 Å². The Bertz CT molecular complexity index is 382. The third kappa shape index (κ3) is 3.83. The van der Waals surface area contributed by atoms with Gasteiger partial charge in [-0.15, -0.1) is 11.8 Å². The average Bonchev–Trinajstić information content (AvgIpc) is 2.20. The molecule has 0 saturated heterocycles. The summed E-state index contributed by atoms with van der Waals surface area (Å²) in [7, 11) is 3.87. The third-order valence-electron chi connectivity index (χ3n) is 1.97. The van der Waals surface area contributed by atoms with E-state index in [1.54, 1.807) is 0 Å². The maximum absolute atomic E-state index is 13.3. The first-order chi connectivity index (χ1) is 7.50. The van der Waals surface area contributed by atoms with Crippen molar-refractivity contribution in [3.63, 3.8) is 0 Å². The summed E-state index contributed by atoms with van der Waals surface area (Å²) in [5.74, 6) is -0.671. The number of nitrogens with zero attached hydrogens (tertiary/aromatic N) is 1. The number of halogens is 1. The van der Waals surface area contributed by atoms with E-state index in [0.29, 0.717) is 4.90 Å². The molecule has 0 amide bonds. The van der Waals surface area contributed by atoms with Crippen LogP contribution in [0.15, 0.2) is 23.1 Å². The Kier molecular flexibility index (Phi) is 4.76. The predicted molar refractivity (Wildman–Crippen MR) is 62.6 cm³/mol. The molecule has 1 N–H and O–H groups in total. The van der Waals surface area contributed by atoms with Crippen molar-refractivity contribution in [3.05, 3.63) is 29.6 Å². The quantitative estimate of drug-likeness (QED) is 0.805. The Labute approximate surface area is 98.3 Å². The summed E-state index contributed by atoms with van der Waals surface area (Å²) >= 11 is 1.33. The molecule has 1 aromatic carbocycles. The van der Waals surface area contributed by atoms with Crippen LogP contribution >= 0.6 is 11.8 Å². The van der Waals surface area contributed by atoms with Gasteiger partial charge in [0.1, 0.15) is 5.82 Å². The van der Waals surface area contributed by atoms with Gasteiger partial charge in [0, 0.05) is 17.2 Å². The number of carboxylic acids is 1. The zero-order valence-electron chi connectivity index (χ0n) is 9.24. The van der Waals surface area contributed by atoms with Crippen LogP contribution < -0.4 is 0 Å². The van der Waals surface area contributed by atoms with Gasteiger partial charge in [0.05, 0.1) is 5.56 Å². The number of thioether (sulfide) groups is 1. The zero-order chi connectivity index (χ0) is 12.1. The lowest BCUT2D eigenvalue weighted by Gasteiger charge is -2.09. The first-order valence-corrected chi connectivity index (χ1v) is 5.79. The van der Waals surface area contributed by atoms with Gasteiger partial charge < -0.3 is 10.0 Å². The van der Waals surface area contributed by atoms with E-state index in [9.17, 15) is 9.18 Å². The Morgan fingerprint density at radius 3 is 2.75 bits per heavy atom. The van der Waals surface area contributed by atoms with Crippen LogP contribution in [0.3, 0.4) is 0 Å². The number of rotatable bonds is 5. The molecule has 0 aromatic heterocycles. The Hall–Kier alpha value is -1.07. The van der Waals surface area contributed by atoms with E-state index in [2.05, 4.69) is 0 Å². The SMILES string of the molecule is CN(C)CCSc1cc(C(=O)O)ccc1F. The van der Waals surface area contributed by atoms with E-state index < -0.39 is 5.97 Å². The van der Waals surface area contributed by atoms with Crippen LogP contribution in [0.2, 0.25) is 0 Å². The molecule has 5 heteroatoms. The van der Waals surface area contributed by atoms with Crippen molar-refractivity contribution in [2.75, 3.05) is 26.4 Å². The number of carboxylic acid groups (broad SMARTS) is 1. The fourth-order valence-corrected chi connectivity index (χ4v) is 2.18. The maximum atomic E-state index is 13.3. The standard InChI is InChI=1S/C11H14FNO2S/c1-13(2)5-6-16-10-7-8(11(14)15)3-4-9(10)12/h3-4,7H,5-6H2,1-2H3,(H,14,15). The Morgan fingerprint density at radius 2 is 2.19 bits per heavy atom. The first kappa shape index (κ1) is 13.0. The van der Waals surface area contributed by atoms with Gasteiger partial charge in [-0.25, -0.2) is 9.18 Å². The summed E-state index contributed by atoms with van der Waals surface area (Å²) in [5, 5.41) is 8.77. The van der Waals surface area contributed by atoms with Crippen molar-refractivity contribution in [2.45, 2.75) is 4.90 Å². The van der Waals surface area contributed by atoms with Crippen molar-refractivity contribution in [1.29, 1.82) is 0 Å². The smallest absolute Gasteiger partial charge is 0.335 e. The summed E-state index contributed by atoms with van der Waals surface area (Å²) in [4.78, 5) is 13.1. The van der Waals surface area contributed by atoms with E-state index in [0.717, 1.165) is 12.3 Å². The molecule has 16 heavy (non-hydrogen) atoms. The number of benzene rings is 1. The Morgan fingerprint density at radius 1 is 1.50 bits per heavy atom. The molecule has 0 fully saturated rings. The highest BCUT2D eigenvalue weighted by Gasteiger charge is 2.08. The highest BCUT2D eigenvalue weighted by atomic mass is 32.2. The molecule has 1 aromatic rings. The normalized spacial score (nSPS) is 10.8. The van der Waals surface area contributed by atoms with Gasteiger partial charge >= 0.3 is 5.97 Å². The number of aromatic carboxylic acids is 1. The monoisotopic (exact) mass is 243 g/mol. The fourth-order valence-electron chi connectivity index (χ4n) is 1.09. The molecule has 88 valence electrons. The van der Waals surface area contributed by atoms with Gasteiger partial charge in [-0.1, -0.05) is 0 Å². The number of hydrogen-bond acceptors (Lipinski definition) is 3. The average molecular weight is 243 g/mol. The molecule has 0 saturated carbocycles. The minimum absolute atomic E-state index is 0.119. The first-order valence-electron chi connectivity index (χ1n) is 4.81. The van der Waals surface area contributed by atoms with Crippen molar-refractivity contribution in [1.82, 2.24) is 4.90 Å². The second-order valence-electron chi connectivity index (χ2n) is 3.60. The van der Waals surface area contributed by atoms with Gasteiger partial charge in [0.15, 0.2) is 0 Å². The van der Waals surface area contributed by atoms with Crippen LogP contribution in [-0.2, 0) is 0 Å². The molecule has 0 aliphatic heterocycles.